The number of hydrogen-bond acceptors (Lipinski definition) is 7. The van der Waals surface area contributed by atoms with Gasteiger partial charge in [0.1, 0.15) is 13.2 Å². The average molecular weight is 882 g/mol. The molecule has 7 heteroatoms. The highest BCUT2D eigenvalue weighted by Gasteiger charge is 2.59. The summed E-state index contributed by atoms with van der Waals surface area (Å²) in [6.45, 7) is 21.0. The molecule has 2 unspecified atom stereocenters. The number of allylic oxidation sites excluding steroid dienone is 3. The zero-order chi connectivity index (χ0) is 44.8. The normalized spacial score (nSPS) is 29.6. The Balaban J connectivity index is 0.928. The molecule has 9 atom stereocenters. The minimum absolute atomic E-state index is 0.0224. The number of rotatable bonds is 32. The molecule has 1 saturated heterocycles. The van der Waals surface area contributed by atoms with Gasteiger partial charge in [0.2, 0.25) is 0 Å². The van der Waals surface area contributed by atoms with Crippen molar-refractivity contribution in [1.29, 1.82) is 0 Å². The molecule has 1 heterocycles. The highest BCUT2D eigenvalue weighted by atomic mass is 16.6. The van der Waals surface area contributed by atoms with Crippen molar-refractivity contribution in [1.82, 2.24) is 4.90 Å². The Hall–Kier alpha value is -1.25. The van der Waals surface area contributed by atoms with E-state index in [0.29, 0.717) is 18.6 Å². The minimum Gasteiger partial charge on any atom is -0.462 e. The van der Waals surface area contributed by atoms with E-state index in [1.807, 2.05) is 0 Å². The molecule has 0 N–H and O–H groups in total. The second kappa shape index (κ2) is 28.8. The van der Waals surface area contributed by atoms with Gasteiger partial charge in [0.05, 0.1) is 38.6 Å². The van der Waals surface area contributed by atoms with Crippen LogP contribution in [0.4, 0.5) is 0 Å². The maximum absolute atomic E-state index is 12.9. The Labute approximate surface area is 388 Å². The van der Waals surface area contributed by atoms with Gasteiger partial charge in [-0.3, -0.25) is 4.90 Å². The summed E-state index contributed by atoms with van der Waals surface area (Å²) in [4.78, 5) is 15.3. The lowest BCUT2D eigenvalue weighted by Crippen LogP contribution is -2.51. The lowest BCUT2D eigenvalue weighted by Gasteiger charge is -2.58. The lowest BCUT2D eigenvalue weighted by molar-refractivity contribution is -0.154. The molecule has 0 radical (unpaired) electrons. The van der Waals surface area contributed by atoms with Crippen molar-refractivity contribution in [3.63, 3.8) is 0 Å². The van der Waals surface area contributed by atoms with Crippen LogP contribution in [0.3, 0.4) is 0 Å². The summed E-state index contributed by atoms with van der Waals surface area (Å²) in [5, 5.41) is 0. The third kappa shape index (κ3) is 17.1. The van der Waals surface area contributed by atoms with Crippen LogP contribution in [-0.4, -0.2) is 89.0 Å². The van der Waals surface area contributed by atoms with Crippen LogP contribution in [0.25, 0.3) is 0 Å². The Morgan fingerprint density at radius 2 is 1.52 bits per heavy atom. The molecular formula is C56H99NO6. The van der Waals surface area contributed by atoms with Gasteiger partial charge in [-0.1, -0.05) is 142 Å². The number of morpholine rings is 1. The van der Waals surface area contributed by atoms with E-state index < -0.39 is 0 Å². The van der Waals surface area contributed by atoms with Crippen LogP contribution in [0.2, 0.25) is 0 Å². The van der Waals surface area contributed by atoms with Crippen LogP contribution >= 0.6 is 0 Å². The molecule has 7 nitrogen and oxygen atoms in total. The van der Waals surface area contributed by atoms with Crippen LogP contribution in [-0.2, 0) is 28.5 Å². The number of ether oxygens (including phenoxy) is 5. The molecular weight excluding hydrogens is 783 g/mol. The first-order valence-electron chi connectivity index (χ1n) is 27.2. The Morgan fingerprint density at radius 3 is 2.25 bits per heavy atom. The van der Waals surface area contributed by atoms with Gasteiger partial charge in [-0.15, -0.1) is 0 Å². The molecule has 0 aromatic heterocycles. The third-order valence-corrected chi connectivity index (χ3v) is 17.1. The molecule has 3 saturated carbocycles. The molecule has 0 bridgehead atoms. The molecule has 4 aliphatic carbocycles. The highest BCUT2D eigenvalue weighted by Crippen LogP contribution is 2.67. The predicted molar refractivity (Wildman–Crippen MR) is 261 cm³/mol. The van der Waals surface area contributed by atoms with Gasteiger partial charge < -0.3 is 23.7 Å². The van der Waals surface area contributed by atoms with E-state index in [1.165, 1.54) is 141 Å². The standard InChI is InChI=1S/C56H99NO6/c1-7-8-9-10-11-12-13-14-15-16-17-18-19-20-21-22-36-60-43-49(42-57-34-37-59-38-35-57)61-39-40-62-54(58)44-63-48-30-32-55(5)47(41-48)26-27-50-52-29-28-51(46(4)25-23-24-45(2)3)56(52,6)33-31-53(50)55/h14-15,26,45-46,48-53H,7-13,16-25,27-44H2,1-6H3/b15-14-/t46-,48+,49?,50?,51-,52+,53+,55+,56-/m1/s1. The molecule has 5 aliphatic rings. The van der Waals surface area contributed by atoms with E-state index in [9.17, 15) is 4.79 Å². The number of nitrogens with zero attached hydrogens (tertiary/aromatic N) is 1. The lowest BCUT2D eigenvalue weighted by atomic mass is 9.47. The van der Waals surface area contributed by atoms with Gasteiger partial charge in [-0.2, -0.15) is 0 Å². The van der Waals surface area contributed by atoms with Crippen molar-refractivity contribution < 1.29 is 28.5 Å². The Bertz CT molecular complexity index is 1310. The number of hydrogen-bond donors (Lipinski definition) is 0. The topological polar surface area (TPSA) is 66.5 Å². The predicted octanol–water partition coefficient (Wildman–Crippen LogP) is 13.7. The largest absolute Gasteiger partial charge is 0.462 e. The third-order valence-electron chi connectivity index (χ3n) is 17.1. The van der Waals surface area contributed by atoms with Gasteiger partial charge in [-0.05, 0) is 130 Å². The maximum Gasteiger partial charge on any atom is 0.332 e. The van der Waals surface area contributed by atoms with Crippen LogP contribution in [0, 0.1) is 46.3 Å². The zero-order valence-corrected chi connectivity index (χ0v) is 42.0. The molecule has 63 heavy (non-hydrogen) atoms. The van der Waals surface area contributed by atoms with E-state index in [2.05, 4.69) is 64.7 Å². The number of carbonyl (C=O) groups excluding carboxylic acids is 1. The maximum atomic E-state index is 12.9. The Kier molecular flexibility index (Phi) is 24.1. The molecule has 1 aliphatic heterocycles. The highest BCUT2D eigenvalue weighted by molar-refractivity contribution is 5.70. The van der Waals surface area contributed by atoms with Crippen molar-refractivity contribution in [2.45, 2.75) is 214 Å². The second-order valence-electron chi connectivity index (χ2n) is 22.1. The van der Waals surface area contributed by atoms with Crippen LogP contribution in [0.15, 0.2) is 23.8 Å². The second-order valence-corrected chi connectivity index (χ2v) is 22.1. The van der Waals surface area contributed by atoms with Crippen molar-refractivity contribution in [3.05, 3.63) is 23.8 Å². The fraction of sp³-hybridized carbons (Fsp3) is 0.911. The van der Waals surface area contributed by atoms with Gasteiger partial charge in [0, 0.05) is 26.2 Å². The van der Waals surface area contributed by atoms with E-state index in [1.54, 1.807) is 5.57 Å². The number of esters is 1. The SMILES string of the molecule is CCCCCCCC/C=C\CCCCCCCCOCC(CN1CCOCC1)OCCOC(=O)CO[C@H]1CC[C@@]2(C)C(=CCC3[C@@H]4CC[C@H]([C@H](C)CCCC(C)C)[C@@]4(C)CC[C@@H]32)C1. The van der Waals surface area contributed by atoms with E-state index in [-0.39, 0.29) is 36.8 Å². The summed E-state index contributed by atoms with van der Waals surface area (Å²) in [7, 11) is 0. The monoisotopic (exact) mass is 882 g/mol. The van der Waals surface area contributed by atoms with Crippen LogP contribution in [0.1, 0.15) is 202 Å². The molecule has 4 fully saturated rings. The van der Waals surface area contributed by atoms with E-state index in [0.717, 1.165) is 94.2 Å². The van der Waals surface area contributed by atoms with Crippen molar-refractivity contribution >= 4 is 5.97 Å². The quantitative estimate of drug-likeness (QED) is 0.0379. The summed E-state index contributed by atoms with van der Waals surface area (Å²) >= 11 is 0. The first kappa shape index (κ1) is 52.7. The molecule has 0 spiro atoms. The summed E-state index contributed by atoms with van der Waals surface area (Å²) < 4.78 is 29.9. The van der Waals surface area contributed by atoms with Gasteiger partial charge in [0.15, 0.2) is 0 Å². The molecule has 0 aromatic rings. The van der Waals surface area contributed by atoms with E-state index >= 15 is 0 Å². The van der Waals surface area contributed by atoms with Crippen molar-refractivity contribution in [2.75, 3.05) is 65.9 Å². The van der Waals surface area contributed by atoms with Crippen molar-refractivity contribution in [3.8, 4) is 0 Å². The molecule has 0 aromatic carbocycles. The average Bonchev–Trinajstić information content (AvgIpc) is 3.64. The van der Waals surface area contributed by atoms with Gasteiger partial charge >= 0.3 is 5.97 Å². The minimum atomic E-state index is -0.286. The summed E-state index contributed by atoms with van der Waals surface area (Å²) in [6, 6.07) is 0. The fourth-order valence-corrected chi connectivity index (χ4v) is 13.3. The van der Waals surface area contributed by atoms with Crippen molar-refractivity contribution in [2.24, 2.45) is 46.3 Å². The fourth-order valence-electron chi connectivity index (χ4n) is 13.3. The first-order chi connectivity index (χ1) is 30.6. The van der Waals surface area contributed by atoms with Crippen LogP contribution in [0.5, 0.6) is 0 Å². The molecule has 364 valence electrons. The summed E-state index contributed by atoms with van der Waals surface area (Å²) in [5.74, 6) is 4.80. The van der Waals surface area contributed by atoms with Gasteiger partial charge in [-0.25, -0.2) is 4.79 Å². The smallest absolute Gasteiger partial charge is 0.332 e. The number of carbonyl (C=O) groups is 1. The number of fused-ring (bicyclic) bond motifs is 5. The molecule has 0 amide bonds. The summed E-state index contributed by atoms with van der Waals surface area (Å²) in [5.41, 5.74) is 2.42. The number of unbranched alkanes of at least 4 members (excludes halogenated alkanes) is 12. The van der Waals surface area contributed by atoms with E-state index in [4.69, 9.17) is 23.7 Å². The molecule has 5 rings (SSSR count). The first-order valence-corrected chi connectivity index (χ1v) is 27.2. The zero-order valence-electron chi connectivity index (χ0n) is 42.0. The van der Waals surface area contributed by atoms with Gasteiger partial charge in [0.25, 0.3) is 0 Å². The Morgan fingerprint density at radius 1 is 0.810 bits per heavy atom. The summed E-state index contributed by atoms with van der Waals surface area (Å²) in [6.07, 6.45) is 40.1. The van der Waals surface area contributed by atoms with Crippen LogP contribution < -0.4 is 0 Å².